The molecule has 0 aliphatic carbocycles. The molecule has 7 aromatic carbocycles. The highest BCUT2D eigenvalue weighted by Gasteiger charge is 2.22. The van der Waals surface area contributed by atoms with Crippen molar-refractivity contribution in [1.29, 1.82) is 0 Å². The Hall–Kier alpha value is -7.21. The lowest BCUT2D eigenvalue weighted by atomic mass is 9.92. The Morgan fingerprint density at radius 1 is 0.464 bits per heavy atom. The van der Waals surface area contributed by atoms with E-state index in [1.54, 1.807) is 11.3 Å². The summed E-state index contributed by atoms with van der Waals surface area (Å²) in [5.74, 6) is 1.79. The minimum absolute atomic E-state index is 0.578. The number of furan rings is 1. The van der Waals surface area contributed by atoms with Crippen LogP contribution in [0.2, 0.25) is 0 Å². The SMILES string of the molecule is C=C/C=C\c1sc2cccc(-c3cc(-c4nc(-c5ccccc5)nc(-c5ccc(-c6ccccc6)cc5)n4)c4c(c3)oc3ccccc34)c2c1-c1ccccc1. The van der Waals surface area contributed by atoms with Gasteiger partial charge >= 0.3 is 0 Å². The van der Waals surface area contributed by atoms with Crippen molar-refractivity contribution in [2.45, 2.75) is 0 Å². The van der Waals surface area contributed by atoms with E-state index in [0.29, 0.717) is 17.5 Å². The van der Waals surface area contributed by atoms with Gasteiger partial charge in [0.25, 0.3) is 0 Å². The second-order valence-corrected chi connectivity index (χ2v) is 14.7. The Morgan fingerprint density at radius 3 is 1.77 bits per heavy atom. The molecule has 3 heterocycles. The summed E-state index contributed by atoms with van der Waals surface area (Å²) in [7, 11) is 0. The Bertz CT molecular complexity index is 3070. The lowest BCUT2D eigenvalue weighted by molar-refractivity contribution is 0.669. The van der Waals surface area contributed by atoms with E-state index >= 15 is 0 Å². The number of allylic oxidation sites excluding steroid dienone is 2. The summed E-state index contributed by atoms with van der Waals surface area (Å²) in [6.07, 6.45) is 5.99. The number of fused-ring (bicyclic) bond motifs is 4. The van der Waals surface area contributed by atoms with Crippen LogP contribution in [0, 0.1) is 0 Å². The smallest absolute Gasteiger partial charge is 0.164 e. The number of benzene rings is 7. The molecule has 0 amide bonds. The maximum atomic E-state index is 6.66. The van der Waals surface area contributed by atoms with Gasteiger partial charge in [0.1, 0.15) is 11.2 Å². The van der Waals surface area contributed by atoms with Crippen molar-refractivity contribution < 1.29 is 4.42 Å². The molecule has 10 rings (SSSR count). The first-order chi connectivity index (χ1) is 27.7. The molecule has 0 aliphatic rings. The molecule has 0 atom stereocenters. The minimum Gasteiger partial charge on any atom is -0.456 e. The molecule has 0 radical (unpaired) electrons. The van der Waals surface area contributed by atoms with Crippen LogP contribution in [0.4, 0.5) is 0 Å². The highest BCUT2D eigenvalue weighted by molar-refractivity contribution is 7.20. The maximum absolute atomic E-state index is 6.66. The van der Waals surface area contributed by atoms with Gasteiger partial charge in [0.2, 0.25) is 0 Å². The van der Waals surface area contributed by atoms with Gasteiger partial charge < -0.3 is 4.42 Å². The lowest BCUT2D eigenvalue weighted by Crippen LogP contribution is -2.00. The van der Waals surface area contributed by atoms with E-state index in [0.717, 1.165) is 66.4 Å². The first-order valence-electron chi connectivity index (χ1n) is 18.6. The molecule has 56 heavy (non-hydrogen) atoms. The van der Waals surface area contributed by atoms with Crippen LogP contribution in [-0.4, -0.2) is 15.0 Å². The number of hydrogen-bond donors (Lipinski definition) is 0. The zero-order chi connectivity index (χ0) is 37.4. The molecule has 0 spiro atoms. The Kier molecular flexibility index (Phi) is 8.47. The third-order valence-electron chi connectivity index (χ3n) is 10.1. The fourth-order valence-corrected chi connectivity index (χ4v) is 8.71. The Balaban J connectivity index is 1.23. The van der Waals surface area contributed by atoms with Crippen LogP contribution in [0.15, 0.2) is 193 Å². The molecule has 0 saturated carbocycles. The molecule has 3 aromatic heterocycles. The predicted molar refractivity (Wildman–Crippen MR) is 234 cm³/mol. The van der Waals surface area contributed by atoms with Crippen molar-refractivity contribution in [3.05, 3.63) is 193 Å². The Morgan fingerprint density at radius 2 is 1.05 bits per heavy atom. The first kappa shape index (κ1) is 33.4. The average molecular weight is 736 g/mol. The van der Waals surface area contributed by atoms with Crippen LogP contribution in [-0.2, 0) is 0 Å². The summed E-state index contributed by atoms with van der Waals surface area (Å²) in [6.45, 7) is 3.94. The molecule has 0 aliphatic heterocycles. The summed E-state index contributed by atoms with van der Waals surface area (Å²) in [6, 6.07) is 58.7. The van der Waals surface area contributed by atoms with Crippen molar-refractivity contribution in [2.75, 3.05) is 0 Å². The summed E-state index contributed by atoms with van der Waals surface area (Å²) < 4.78 is 7.85. The third-order valence-corrected chi connectivity index (χ3v) is 11.3. The van der Waals surface area contributed by atoms with E-state index in [4.69, 9.17) is 19.4 Å². The van der Waals surface area contributed by atoms with Gasteiger partial charge in [-0.1, -0.05) is 164 Å². The zero-order valence-corrected chi connectivity index (χ0v) is 31.1. The van der Waals surface area contributed by atoms with Gasteiger partial charge in [0.15, 0.2) is 17.5 Å². The molecule has 0 saturated heterocycles. The van der Waals surface area contributed by atoms with Crippen molar-refractivity contribution in [2.24, 2.45) is 0 Å². The van der Waals surface area contributed by atoms with Crippen LogP contribution in [0.5, 0.6) is 0 Å². The van der Waals surface area contributed by atoms with Crippen molar-refractivity contribution >= 4 is 49.4 Å². The fraction of sp³-hybridized carbons (Fsp3) is 0. The molecule has 0 bridgehead atoms. The first-order valence-corrected chi connectivity index (χ1v) is 19.4. The molecule has 10 aromatic rings. The maximum Gasteiger partial charge on any atom is 0.164 e. The van der Waals surface area contributed by atoms with Crippen LogP contribution >= 0.6 is 11.3 Å². The van der Waals surface area contributed by atoms with E-state index in [1.165, 1.54) is 20.5 Å². The normalized spacial score (nSPS) is 11.6. The fourth-order valence-electron chi connectivity index (χ4n) is 7.54. The Labute approximate surface area is 328 Å². The molecular weight excluding hydrogens is 703 g/mol. The second kappa shape index (κ2) is 14.2. The van der Waals surface area contributed by atoms with Crippen LogP contribution in [0.25, 0.3) is 106 Å². The predicted octanol–water partition coefficient (Wildman–Crippen LogP) is 14.2. The van der Waals surface area contributed by atoms with E-state index in [-0.39, 0.29) is 0 Å². The number of aromatic nitrogens is 3. The highest BCUT2D eigenvalue weighted by atomic mass is 32.1. The van der Waals surface area contributed by atoms with Crippen molar-refractivity contribution in [1.82, 2.24) is 15.0 Å². The molecule has 0 N–H and O–H groups in total. The number of para-hydroxylation sites is 1. The summed E-state index contributed by atoms with van der Waals surface area (Å²) in [4.78, 5) is 16.7. The lowest BCUT2D eigenvalue weighted by Gasteiger charge is -2.13. The van der Waals surface area contributed by atoms with Gasteiger partial charge in [-0.3, -0.25) is 0 Å². The van der Waals surface area contributed by atoms with Crippen LogP contribution in [0.1, 0.15) is 4.88 Å². The van der Waals surface area contributed by atoms with E-state index in [9.17, 15) is 0 Å². The topological polar surface area (TPSA) is 51.8 Å². The molecule has 0 fully saturated rings. The van der Waals surface area contributed by atoms with E-state index in [1.807, 2.05) is 66.7 Å². The second-order valence-electron chi connectivity index (χ2n) is 13.6. The zero-order valence-electron chi connectivity index (χ0n) is 30.3. The number of thiophene rings is 1. The van der Waals surface area contributed by atoms with Crippen LogP contribution < -0.4 is 0 Å². The quantitative estimate of drug-likeness (QED) is 0.146. The summed E-state index contributed by atoms with van der Waals surface area (Å²) in [5, 5.41) is 3.17. The highest BCUT2D eigenvalue weighted by Crippen LogP contribution is 2.47. The monoisotopic (exact) mass is 735 g/mol. The van der Waals surface area contributed by atoms with Gasteiger partial charge in [-0.2, -0.15) is 0 Å². The number of nitrogens with zero attached hydrogens (tertiary/aromatic N) is 3. The summed E-state index contributed by atoms with van der Waals surface area (Å²) in [5.41, 5.74) is 11.0. The van der Waals surface area contributed by atoms with Gasteiger partial charge in [0.05, 0.1) is 0 Å². The molecule has 0 unspecified atom stereocenters. The summed E-state index contributed by atoms with van der Waals surface area (Å²) >= 11 is 1.78. The van der Waals surface area contributed by atoms with Crippen molar-refractivity contribution in [3.8, 4) is 67.5 Å². The minimum atomic E-state index is 0.578. The van der Waals surface area contributed by atoms with E-state index < -0.39 is 0 Å². The van der Waals surface area contributed by atoms with Gasteiger partial charge in [-0.15, -0.1) is 11.3 Å². The van der Waals surface area contributed by atoms with Gasteiger partial charge in [0, 0.05) is 48.0 Å². The molecule has 5 heteroatoms. The molecule has 4 nitrogen and oxygen atoms in total. The largest absolute Gasteiger partial charge is 0.456 e. The number of hydrogen-bond acceptors (Lipinski definition) is 5. The van der Waals surface area contributed by atoms with Gasteiger partial charge in [-0.25, -0.2) is 15.0 Å². The molecule has 264 valence electrons. The van der Waals surface area contributed by atoms with E-state index in [2.05, 4.69) is 128 Å². The van der Waals surface area contributed by atoms with Crippen molar-refractivity contribution in [3.63, 3.8) is 0 Å². The average Bonchev–Trinajstić information content (AvgIpc) is 3.84. The standard InChI is InChI=1S/C51H33N3OS/c1-2-3-25-44-46(35-18-9-5-10-19-35)48-39(23-15-26-45(48)56-44)38-31-41(47-40-22-13-14-24-42(40)55-43(47)32-38)51-53-49(36-20-11-6-12-21-36)52-50(54-51)37-29-27-34(28-30-37)33-16-7-4-8-17-33/h2-32H,1H2/b25-3-. The molecular formula is C51H33N3OS. The third kappa shape index (κ3) is 6.01. The van der Waals surface area contributed by atoms with Gasteiger partial charge in [-0.05, 0) is 58.2 Å². The van der Waals surface area contributed by atoms with Crippen LogP contribution in [0.3, 0.4) is 0 Å². The number of rotatable bonds is 8.